The van der Waals surface area contributed by atoms with E-state index in [1.807, 2.05) is 41.3 Å². The first kappa shape index (κ1) is 19.6. The Balaban J connectivity index is 1.42. The highest BCUT2D eigenvalue weighted by Gasteiger charge is 2.39. The summed E-state index contributed by atoms with van der Waals surface area (Å²) in [6.07, 6.45) is 3.61. The van der Waals surface area contributed by atoms with E-state index in [0.717, 1.165) is 17.4 Å². The molecule has 0 N–H and O–H groups in total. The summed E-state index contributed by atoms with van der Waals surface area (Å²) in [5.74, 6) is 0.805. The first-order chi connectivity index (χ1) is 15.1. The molecule has 4 heterocycles. The van der Waals surface area contributed by atoms with Gasteiger partial charge in [0.05, 0.1) is 19.9 Å². The third kappa shape index (κ3) is 3.63. The number of ether oxygens (including phenoxy) is 1. The van der Waals surface area contributed by atoms with Crippen LogP contribution in [0.2, 0.25) is 0 Å². The lowest BCUT2D eigenvalue weighted by atomic mass is 10.1. The van der Waals surface area contributed by atoms with Gasteiger partial charge in [-0.25, -0.2) is 5.01 Å². The van der Waals surface area contributed by atoms with Gasteiger partial charge in [0.15, 0.2) is 5.76 Å². The maximum atomic E-state index is 13.3. The van der Waals surface area contributed by atoms with Crippen LogP contribution >= 0.6 is 0 Å². The minimum atomic E-state index is -0.391. The van der Waals surface area contributed by atoms with Crippen molar-refractivity contribution in [2.24, 2.45) is 5.10 Å². The van der Waals surface area contributed by atoms with Crippen LogP contribution in [0.1, 0.15) is 36.8 Å². The Morgan fingerprint density at radius 2 is 2.10 bits per heavy atom. The van der Waals surface area contributed by atoms with Crippen LogP contribution in [0.3, 0.4) is 0 Å². The second-order valence-corrected chi connectivity index (χ2v) is 7.82. The molecule has 0 radical (unpaired) electrons. The van der Waals surface area contributed by atoms with Crippen LogP contribution in [-0.4, -0.2) is 53.7 Å². The zero-order valence-electron chi connectivity index (χ0n) is 17.2. The molecule has 0 bridgehead atoms. The number of hydrazone groups is 1. The largest absolute Gasteiger partial charge is 0.468 e. The van der Waals surface area contributed by atoms with Crippen LogP contribution in [0.15, 0.2) is 62.7 Å². The summed E-state index contributed by atoms with van der Waals surface area (Å²) < 4.78 is 16.5. The van der Waals surface area contributed by atoms with Gasteiger partial charge in [-0.05, 0) is 43.7 Å². The molecule has 31 heavy (non-hydrogen) atoms. The number of likely N-dealkylation sites (tertiary alicyclic amines) is 1. The summed E-state index contributed by atoms with van der Waals surface area (Å²) in [7, 11) is 1.37. The van der Waals surface area contributed by atoms with E-state index in [2.05, 4.69) is 5.10 Å². The quantitative estimate of drug-likeness (QED) is 0.587. The van der Waals surface area contributed by atoms with E-state index in [9.17, 15) is 9.59 Å². The van der Waals surface area contributed by atoms with Crippen molar-refractivity contribution in [3.63, 3.8) is 0 Å². The van der Waals surface area contributed by atoms with Gasteiger partial charge in [0.1, 0.15) is 29.1 Å². The first-order valence-electron chi connectivity index (χ1n) is 10.4. The second-order valence-electron chi connectivity index (χ2n) is 7.82. The molecule has 1 amide bonds. The van der Waals surface area contributed by atoms with Crippen molar-refractivity contribution >= 4 is 28.6 Å². The number of hydrogen-bond acceptors (Lipinski definition) is 7. The minimum absolute atomic E-state index is 0.0912. The van der Waals surface area contributed by atoms with Gasteiger partial charge in [-0.1, -0.05) is 18.2 Å². The number of nitrogens with zero attached hydrogens (tertiary/aromatic N) is 3. The zero-order valence-corrected chi connectivity index (χ0v) is 17.2. The average molecular weight is 421 g/mol. The standard InChI is InChI=1S/C23H23N3O5/c1-29-23(28)17-7-4-10-25(17)14-22(27)26-18(20-9-5-11-30-20)13-16(24-26)21-12-15-6-2-3-8-19(15)31-21/h2-3,5-6,8-9,11-12,17-18H,4,7,10,13-14H2,1H3. The Morgan fingerprint density at radius 3 is 2.87 bits per heavy atom. The Hall–Kier alpha value is -3.39. The van der Waals surface area contributed by atoms with Gasteiger partial charge in [0.25, 0.3) is 5.91 Å². The molecule has 0 saturated carbocycles. The average Bonchev–Trinajstić information content (AvgIpc) is 3.57. The monoisotopic (exact) mass is 421 g/mol. The summed E-state index contributed by atoms with van der Waals surface area (Å²) in [6.45, 7) is 0.763. The highest BCUT2D eigenvalue weighted by Crippen LogP contribution is 2.34. The number of benzene rings is 1. The Bertz CT molecular complexity index is 1100. The van der Waals surface area contributed by atoms with E-state index in [1.54, 1.807) is 12.3 Å². The van der Waals surface area contributed by atoms with Crippen molar-refractivity contribution in [2.45, 2.75) is 31.3 Å². The van der Waals surface area contributed by atoms with Crippen molar-refractivity contribution in [3.8, 4) is 0 Å². The second kappa shape index (κ2) is 8.03. The summed E-state index contributed by atoms with van der Waals surface area (Å²) in [4.78, 5) is 27.2. The maximum Gasteiger partial charge on any atom is 0.323 e. The number of fused-ring (bicyclic) bond motifs is 1. The van der Waals surface area contributed by atoms with Crippen LogP contribution in [0, 0.1) is 0 Å². The molecule has 2 aromatic heterocycles. The van der Waals surface area contributed by atoms with Crippen LogP contribution in [-0.2, 0) is 14.3 Å². The molecule has 0 spiro atoms. The molecule has 2 aliphatic heterocycles. The number of furan rings is 2. The molecule has 1 fully saturated rings. The van der Waals surface area contributed by atoms with Crippen molar-refractivity contribution < 1.29 is 23.2 Å². The van der Waals surface area contributed by atoms with Gasteiger partial charge in [-0.15, -0.1) is 0 Å². The number of esters is 1. The summed E-state index contributed by atoms with van der Waals surface area (Å²) in [5, 5.41) is 7.08. The molecular formula is C23H23N3O5. The molecule has 2 atom stereocenters. The molecule has 8 nitrogen and oxygen atoms in total. The van der Waals surface area contributed by atoms with Gasteiger partial charge in [-0.2, -0.15) is 5.10 Å². The molecular weight excluding hydrogens is 398 g/mol. The van der Waals surface area contributed by atoms with E-state index >= 15 is 0 Å². The predicted octanol–water partition coefficient (Wildman–Crippen LogP) is 3.34. The number of hydrogen-bond donors (Lipinski definition) is 0. The molecule has 1 aromatic carbocycles. The van der Waals surface area contributed by atoms with E-state index in [-0.39, 0.29) is 24.5 Å². The summed E-state index contributed by atoms with van der Waals surface area (Å²) in [5.41, 5.74) is 1.47. The fourth-order valence-corrected chi connectivity index (χ4v) is 4.38. The maximum absolute atomic E-state index is 13.3. The topological polar surface area (TPSA) is 88.5 Å². The molecule has 2 unspecified atom stereocenters. The predicted molar refractivity (Wildman–Crippen MR) is 112 cm³/mol. The lowest BCUT2D eigenvalue weighted by Crippen LogP contribution is -2.43. The normalized spacial score (nSPS) is 21.6. The van der Waals surface area contributed by atoms with Crippen LogP contribution in [0.5, 0.6) is 0 Å². The first-order valence-corrected chi connectivity index (χ1v) is 10.4. The highest BCUT2D eigenvalue weighted by molar-refractivity contribution is 6.03. The van der Waals surface area contributed by atoms with Crippen LogP contribution in [0.4, 0.5) is 0 Å². The Morgan fingerprint density at radius 1 is 1.23 bits per heavy atom. The number of rotatable bonds is 5. The van der Waals surface area contributed by atoms with Crippen LogP contribution < -0.4 is 0 Å². The van der Waals surface area contributed by atoms with Crippen molar-refractivity contribution in [3.05, 3.63) is 60.2 Å². The summed E-state index contributed by atoms with van der Waals surface area (Å²) in [6, 6.07) is 12.6. The SMILES string of the molecule is COC(=O)C1CCCN1CC(=O)N1N=C(c2cc3ccccc3o2)CC1c1ccco1. The Labute approximate surface area is 179 Å². The van der Waals surface area contributed by atoms with Crippen molar-refractivity contribution in [2.75, 3.05) is 20.2 Å². The molecule has 8 heteroatoms. The number of methoxy groups -OCH3 is 1. The van der Waals surface area contributed by atoms with Crippen molar-refractivity contribution in [1.29, 1.82) is 0 Å². The number of para-hydroxylation sites is 1. The van der Waals surface area contributed by atoms with Gasteiger partial charge in [-0.3, -0.25) is 14.5 Å². The zero-order chi connectivity index (χ0) is 21.4. The molecule has 160 valence electrons. The summed E-state index contributed by atoms with van der Waals surface area (Å²) >= 11 is 0. The molecule has 2 aliphatic rings. The fraction of sp³-hybridized carbons (Fsp3) is 0.348. The third-order valence-electron chi connectivity index (χ3n) is 5.92. The fourth-order valence-electron chi connectivity index (χ4n) is 4.38. The Kier molecular flexibility index (Phi) is 5.07. The van der Waals surface area contributed by atoms with Gasteiger partial charge in [0.2, 0.25) is 0 Å². The van der Waals surface area contributed by atoms with Gasteiger partial charge in [0, 0.05) is 11.8 Å². The van der Waals surface area contributed by atoms with E-state index in [1.165, 1.54) is 12.1 Å². The number of carbonyl (C=O) groups excluding carboxylic acids is 2. The minimum Gasteiger partial charge on any atom is -0.468 e. The molecule has 3 aromatic rings. The van der Waals surface area contributed by atoms with E-state index in [0.29, 0.717) is 36.6 Å². The lowest BCUT2D eigenvalue weighted by molar-refractivity contribution is -0.147. The third-order valence-corrected chi connectivity index (χ3v) is 5.92. The van der Waals surface area contributed by atoms with E-state index < -0.39 is 6.04 Å². The lowest BCUT2D eigenvalue weighted by Gasteiger charge is -2.25. The van der Waals surface area contributed by atoms with E-state index in [4.69, 9.17) is 13.6 Å². The number of amides is 1. The van der Waals surface area contributed by atoms with Crippen molar-refractivity contribution in [1.82, 2.24) is 9.91 Å². The highest BCUT2D eigenvalue weighted by atomic mass is 16.5. The molecule has 1 saturated heterocycles. The van der Waals surface area contributed by atoms with Gasteiger partial charge >= 0.3 is 5.97 Å². The molecule has 5 rings (SSSR count). The number of carbonyl (C=O) groups is 2. The molecule has 0 aliphatic carbocycles. The smallest absolute Gasteiger partial charge is 0.323 e. The van der Waals surface area contributed by atoms with Crippen LogP contribution in [0.25, 0.3) is 11.0 Å². The van der Waals surface area contributed by atoms with Gasteiger partial charge < -0.3 is 13.6 Å².